The van der Waals surface area contributed by atoms with Gasteiger partial charge in [0, 0.05) is 25.6 Å². The van der Waals surface area contributed by atoms with Gasteiger partial charge in [-0.2, -0.15) is 5.10 Å². The molecule has 5 rings (SSSR count). The molecule has 0 radical (unpaired) electrons. The Hall–Kier alpha value is -2.14. The summed E-state index contributed by atoms with van der Waals surface area (Å²) in [5.41, 5.74) is 2.10. The van der Waals surface area contributed by atoms with Gasteiger partial charge in [0.05, 0.1) is 17.3 Å². The Labute approximate surface area is 192 Å². The highest BCUT2D eigenvalue weighted by atomic mass is 16.1. The van der Waals surface area contributed by atoms with E-state index in [2.05, 4.69) is 64.2 Å². The molecule has 172 valence electrons. The molecule has 32 heavy (non-hydrogen) atoms. The minimum atomic E-state index is -0.0545. The lowest BCUT2D eigenvalue weighted by molar-refractivity contribution is 0.0962. The van der Waals surface area contributed by atoms with Crippen molar-refractivity contribution in [2.45, 2.75) is 83.3 Å². The minimum Gasteiger partial charge on any atom is -0.367 e. The third-order valence-electron chi connectivity index (χ3n) is 8.00. The average molecular weight is 435 g/mol. The Balaban J connectivity index is 1.25. The van der Waals surface area contributed by atoms with Crippen LogP contribution >= 0.6 is 0 Å². The molecule has 1 aromatic heterocycles. The Kier molecular flexibility index (Phi) is 6.11. The maximum atomic E-state index is 13.4. The zero-order chi connectivity index (χ0) is 22.1. The van der Waals surface area contributed by atoms with Crippen LogP contribution in [0.4, 0.5) is 5.82 Å². The van der Waals surface area contributed by atoms with Crippen LogP contribution in [0.2, 0.25) is 0 Å². The normalized spacial score (nSPS) is 25.9. The van der Waals surface area contributed by atoms with Crippen LogP contribution in [0.3, 0.4) is 0 Å². The summed E-state index contributed by atoms with van der Waals surface area (Å²) in [6, 6.07) is 11.1. The van der Waals surface area contributed by atoms with Crippen LogP contribution in [0.1, 0.15) is 81.1 Å². The first kappa shape index (κ1) is 21.7. The second-order valence-electron chi connectivity index (χ2n) is 11.0. The molecule has 0 bridgehead atoms. The van der Waals surface area contributed by atoms with E-state index < -0.39 is 0 Å². The lowest BCUT2D eigenvalue weighted by Crippen LogP contribution is -2.45. The van der Waals surface area contributed by atoms with Crippen molar-refractivity contribution in [3.05, 3.63) is 47.7 Å². The van der Waals surface area contributed by atoms with Gasteiger partial charge >= 0.3 is 0 Å². The Morgan fingerprint density at radius 1 is 1.12 bits per heavy atom. The molecule has 1 aliphatic carbocycles. The number of carbonyl (C=O) groups excluding carboxylic acids is 1. The predicted molar refractivity (Wildman–Crippen MR) is 129 cm³/mol. The molecule has 2 unspecified atom stereocenters. The molecule has 1 saturated heterocycles. The molecular weight excluding hydrogens is 396 g/mol. The van der Waals surface area contributed by atoms with Crippen LogP contribution in [0.15, 0.2) is 36.5 Å². The molecule has 0 amide bonds. The van der Waals surface area contributed by atoms with E-state index in [-0.39, 0.29) is 11.3 Å². The zero-order valence-corrected chi connectivity index (χ0v) is 19.7. The third-order valence-corrected chi connectivity index (χ3v) is 8.00. The molecule has 1 N–H and O–H groups in total. The van der Waals surface area contributed by atoms with E-state index in [9.17, 15) is 4.79 Å². The number of carbonyl (C=O) groups is 1. The number of aromatic nitrogens is 2. The van der Waals surface area contributed by atoms with Crippen molar-refractivity contribution in [3.63, 3.8) is 0 Å². The van der Waals surface area contributed by atoms with Crippen LogP contribution < -0.4 is 5.32 Å². The van der Waals surface area contributed by atoms with E-state index in [0.29, 0.717) is 18.4 Å². The standard InChI is InChI=1S/C27H38N4O/c1-27(2)16-24(22-11-7-4-8-12-22)29-26-23(17-28-31(26)27)25(32)15-21-13-14-30(19-21)18-20-9-5-3-6-10-20/h3,5-6,9-10,17,21-22,24,29H,4,7-8,11-16,18-19H2,1-2H3. The molecule has 0 spiro atoms. The lowest BCUT2D eigenvalue weighted by Gasteiger charge is -2.42. The molecule has 2 atom stereocenters. The SMILES string of the molecule is CC1(C)CC(C2CCCCC2)Nc2c(C(=O)CC3CCN(Cc4ccccc4)C3)cnn21. The molecule has 1 aromatic carbocycles. The summed E-state index contributed by atoms with van der Waals surface area (Å²) >= 11 is 0. The second-order valence-corrected chi connectivity index (χ2v) is 11.0. The molecule has 3 heterocycles. The van der Waals surface area contributed by atoms with Gasteiger partial charge in [0.2, 0.25) is 0 Å². The van der Waals surface area contributed by atoms with Crippen LogP contribution in [0, 0.1) is 11.8 Å². The van der Waals surface area contributed by atoms with Gasteiger partial charge in [0.1, 0.15) is 5.82 Å². The fourth-order valence-corrected chi connectivity index (χ4v) is 6.26. The molecular formula is C27H38N4O. The number of nitrogens with one attached hydrogen (secondary N) is 1. The number of anilines is 1. The van der Waals surface area contributed by atoms with Crippen LogP contribution in [0.5, 0.6) is 0 Å². The molecule has 2 aliphatic heterocycles. The summed E-state index contributed by atoms with van der Waals surface area (Å²) in [6.07, 6.45) is 11.3. The van der Waals surface area contributed by atoms with Gasteiger partial charge in [-0.3, -0.25) is 9.69 Å². The van der Waals surface area contributed by atoms with Gasteiger partial charge in [-0.25, -0.2) is 4.68 Å². The molecule has 5 heteroatoms. The predicted octanol–water partition coefficient (Wildman–Crippen LogP) is 5.48. The maximum absolute atomic E-state index is 13.4. The molecule has 3 aliphatic rings. The van der Waals surface area contributed by atoms with Crippen LogP contribution in [-0.2, 0) is 12.1 Å². The summed E-state index contributed by atoms with van der Waals surface area (Å²) in [7, 11) is 0. The van der Waals surface area contributed by atoms with Gasteiger partial charge in [0.25, 0.3) is 0 Å². The second kappa shape index (κ2) is 9.01. The fraction of sp³-hybridized carbons (Fsp3) is 0.630. The molecule has 2 fully saturated rings. The van der Waals surface area contributed by atoms with Gasteiger partial charge < -0.3 is 5.32 Å². The van der Waals surface area contributed by atoms with Crippen molar-refractivity contribution >= 4 is 11.6 Å². The van der Waals surface area contributed by atoms with Gasteiger partial charge in [-0.1, -0.05) is 49.6 Å². The summed E-state index contributed by atoms with van der Waals surface area (Å²) < 4.78 is 2.08. The zero-order valence-electron chi connectivity index (χ0n) is 19.7. The summed E-state index contributed by atoms with van der Waals surface area (Å²) in [5, 5.41) is 8.47. The Morgan fingerprint density at radius 2 is 1.91 bits per heavy atom. The summed E-state index contributed by atoms with van der Waals surface area (Å²) in [4.78, 5) is 15.9. The summed E-state index contributed by atoms with van der Waals surface area (Å²) in [5.74, 6) is 2.38. The monoisotopic (exact) mass is 434 g/mol. The van der Waals surface area contributed by atoms with Crippen LogP contribution in [0.25, 0.3) is 0 Å². The molecule has 2 aromatic rings. The van der Waals surface area contributed by atoms with E-state index in [1.54, 1.807) is 0 Å². The number of rotatable bonds is 6. The van der Waals surface area contributed by atoms with Gasteiger partial charge in [0.15, 0.2) is 5.78 Å². The first-order valence-electron chi connectivity index (χ1n) is 12.6. The van der Waals surface area contributed by atoms with Crippen molar-refractivity contribution in [2.24, 2.45) is 11.8 Å². The molecule has 1 saturated carbocycles. The van der Waals surface area contributed by atoms with Crippen LogP contribution in [-0.4, -0.2) is 39.6 Å². The number of ketones is 1. The number of Topliss-reactive ketones (excluding diaryl/α,β-unsaturated/α-hetero) is 1. The van der Waals surface area contributed by atoms with E-state index in [4.69, 9.17) is 0 Å². The third kappa shape index (κ3) is 4.50. The average Bonchev–Trinajstić information content (AvgIpc) is 3.42. The highest BCUT2D eigenvalue weighted by Crippen LogP contribution is 2.40. The number of nitrogens with zero attached hydrogens (tertiary/aromatic N) is 3. The van der Waals surface area contributed by atoms with Crippen molar-refractivity contribution in [2.75, 3.05) is 18.4 Å². The lowest BCUT2D eigenvalue weighted by atomic mass is 9.78. The van der Waals surface area contributed by atoms with Gasteiger partial charge in [-0.15, -0.1) is 0 Å². The van der Waals surface area contributed by atoms with E-state index in [1.165, 1.54) is 37.7 Å². The quantitative estimate of drug-likeness (QED) is 0.612. The van der Waals surface area contributed by atoms with E-state index in [0.717, 1.165) is 49.8 Å². The number of fused-ring (bicyclic) bond motifs is 1. The Bertz CT molecular complexity index is 928. The van der Waals surface area contributed by atoms with Crippen molar-refractivity contribution in [1.82, 2.24) is 14.7 Å². The van der Waals surface area contributed by atoms with E-state index >= 15 is 0 Å². The number of benzene rings is 1. The summed E-state index contributed by atoms with van der Waals surface area (Å²) in [6.45, 7) is 7.61. The number of hydrogen-bond acceptors (Lipinski definition) is 4. The van der Waals surface area contributed by atoms with Crippen molar-refractivity contribution < 1.29 is 4.79 Å². The first-order valence-corrected chi connectivity index (χ1v) is 12.6. The Morgan fingerprint density at radius 3 is 2.69 bits per heavy atom. The maximum Gasteiger partial charge on any atom is 0.168 e. The highest BCUT2D eigenvalue weighted by molar-refractivity contribution is 6.00. The van der Waals surface area contributed by atoms with E-state index in [1.807, 2.05) is 6.20 Å². The first-order chi connectivity index (χ1) is 15.5. The largest absolute Gasteiger partial charge is 0.367 e. The molecule has 5 nitrogen and oxygen atoms in total. The topological polar surface area (TPSA) is 50.2 Å². The highest BCUT2D eigenvalue weighted by Gasteiger charge is 2.39. The van der Waals surface area contributed by atoms with Crippen molar-refractivity contribution in [1.29, 1.82) is 0 Å². The fourth-order valence-electron chi connectivity index (χ4n) is 6.26. The smallest absolute Gasteiger partial charge is 0.168 e. The van der Waals surface area contributed by atoms with Crippen molar-refractivity contribution in [3.8, 4) is 0 Å². The minimum absolute atomic E-state index is 0.0545. The number of likely N-dealkylation sites (tertiary alicyclic amines) is 1. The van der Waals surface area contributed by atoms with Gasteiger partial charge in [-0.05, 0) is 63.5 Å². The number of hydrogen-bond donors (Lipinski definition) is 1.